The number of oxazole rings is 1. The first-order valence-corrected chi connectivity index (χ1v) is 13.0. The summed E-state index contributed by atoms with van der Waals surface area (Å²) < 4.78 is 61.8. The summed E-state index contributed by atoms with van der Waals surface area (Å²) in [6.07, 6.45) is 3.29. The zero-order chi connectivity index (χ0) is 25.2. The van der Waals surface area contributed by atoms with E-state index in [0.717, 1.165) is 12.8 Å². The molecule has 3 N–H and O–H groups in total. The zero-order valence-electron chi connectivity index (χ0n) is 20.3. The fourth-order valence-corrected chi connectivity index (χ4v) is 6.74. The summed E-state index contributed by atoms with van der Waals surface area (Å²) in [5.74, 6) is -1.08. The first kappa shape index (κ1) is 26.2. The van der Waals surface area contributed by atoms with Crippen LogP contribution in [0.2, 0.25) is 0 Å². The summed E-state index contributed by atoms with van der Waals surface area (Å²) >= 11 is 0. The van der Waals surface area contributed by atoms with Crippen LogP contribution in [0, 0.1) is 35.0 Å². The Balaban J connectivity index is 1.48. The normalized spacial score (nSPS) is 35.4. The molecule has 6 nitrogen and oxygen atoms in total. The van der Waals surface area contributed by atoms with Gasteiger partial charge in [-0.1, -0.05) is 0 Å². The van der Waals surface area contributed by atoms with Crippen molar-refractivity contribution < 1.29 is 26.8 Å². The van der Waals surface area contributed by atoms with Gasteiger partial charge in [-0.05, 0) is 94.9 Å². The molecule has 1 aliphatic heterocycles. The number of amides is 1. The average Bonchev–Trinajstić information content (AvgIpc) is 3.22. The Labute approximate surface area is 203 Å². The average molecular weight is 503 g/mol. The molecule has 2 saturated carbocycles. The Kier molecular flexibility index (Phi) is 8.28. The van der Waals surface area contributed by atoms with E-state index in [4.69, 9.17) is 9.83 Å². The minimum atomic E-state index is -4.33. The molecular formula is C25H38F4N4O2. The fourth-order valence-electron chi connectivity index (χ4n) is 6.74. The van der Waals surface area contributed by atoms with Crippen molar-refractivity contribution in [2.75, 3.05) is 6.54 Å². The molecule has 0 radical (unpaired) electrons. The van der Waals surface area contributed by atoms with Gasteiger partial charge in [-0.2, -0.15) is 13.2 Å². The number of carbonyl (C=O) groups excluding carboxylic acids is 1. The lowest BCUT2D eigenvalue weighted by Gasteiger charge is -2.44. The van der Waals surface area contributed by atoms with Crippen molar-refractivity contribution in [3.63, 3.8) is 0 Å². The van der Waals surface area contributed by atoms with Crippen LogP contribution < -0.4 is 16.3 Å². The van der Waals surface area contributed by atoms with Crippen molar-refractivity contribution in [2.24, 2.45) is 29.6 Å². The molecule has 198 valence electrons. The second-order valence-electron chi connectivity index (χ2n) is 11.0. The predicted molar refractivity (Wildman–Crippen MR) is 122 cm³/mol. The van der Waals surface area contributed by atoms with E-state index in [2.05, 4.69) is 10.6 Å². The molecule has 2 aliphatic carbocycles. The standard InChI is InChI=1S/C25H38F4N4O2/c1-15(17-4-6-20(26)7-5-17)32-23(34)19-12-16(14-33-9-10-35-24(33)30)11-18(13-19)21-3-2-8-31-22(21)25(27,28)29/h9-10,15-22,30-31H,2-8,11-14H2,1H3,(H,32,34)/t15-,16?,17?,18?,19?,20?,21?,22?/m0/s1. The smallest absolute Gasteiger partial charge is 0.404 e. The van der Waals surface area contributed by atoms with Gasteiger partial charge in [0.1, 0.15) is 18.5 Å². The minimum absolute atomic E-state index is 0.00212. The molecule has 10 heteroatoms. The molecule has 35 heavy (non-hydrogen) atoms. The van der Waals surface area contributed by atoms with Crippen molar-refractivity contribution >= 4 is 5.91 Å². The van der Waals surface area contributed by atoms with Gasteiger partial charge >= 0.3 is 6.18 Å². The largest absolute Gasteiger partial charge is 0.432 e. The molecule has 0 bridgehead atoms. The molecular weight excluding hydrogens is 464 g/mol. The first-order chi connectivity index (χ1) is 16.6. The Hall–Kier alpha value is -1.84. The van der Waals surface area contributed by atoms with Gasteiger partial charge in [-0.3, -0.25) is 14.8 Å². The van der Waals surface area contributed by atoms with E-state index < -0.39 is 24.3 Å². The monoisotopic (exact) mass is 502 g/mol. The SMILES string of the molecule is C[C@H](NC(=O)C1CC(Cn2ccoc2=N)CC(C2CCCNC2C(F)(F)F)C1)C1CCC(F)CC1. The second-order valence-corrected chi connectivity index (χ2v) is 11.0. The van der Waals surface area contributed by atoms with E-state index in [0.29, 0.717) is 58.0 Å². The number of rotatable bonds is 6. The number of alkyl halides is 4. The number of halogens is 4. The van der Waals surface area contributed by atoms with Gasteiger partial charge in [0.2, 0.25) is 5.91 Å². The summed E-state index contributed by atoms with van der Waals surface area (Å²) in [4.78, 5) is 13.4. The molecule has 3 aliphatic rings. The third kappa shape index (κ3) is 6.49. The van der Waals surface area contributed by atoms with Gasteiger partial charge in [0.15, 0.2) is 0 Å². The minimum Gasteiger partial charge on any atom is -0.432 e. The van der Waals surface area contributed by atoms with E-state index >= 15 is 0 Å². The van der Waals surface area contributed by atoms with Crippen molar-refractivity contribution in [1.29, 1.82) is 5.41 Å². The number of hydrogen-bond acceptors (Lipinski definition) is 4. The summed E-state index contributed by atoms with van der Waals surface area (Å²) in [6, 6.07) is -1.64. The number of aromatic nitrogens is 1. The molecule has 2 heterocycles. The Bertz CT molecular complexity index is 893. The summed E-state index contributed by atoms with van der Waals surface area (Å²) in [6.45, 7) is 2.76. The van der Waals surface area contributed by atoms with Crippen molar-refractivity contribution in [2.45, 2.75) is 95.7 Å². The number of piperidine rings is 1. The van der Waals surface area contributed by atoms with Gasteiger partial charge in [0, 0.05) is 24.7 Å². The molecule has 5 unspecified atom stereocenters. The van der Waals surface area contributed by atoms with Crippen LogP contribution >= 0.6 is 0 Å². The lowest BCUT2D eigenvalue weighted by molar-refractivity contribution is -0.179. The highest BCUT2D eigenvalue weighted by molar-refractivity contribution is 5.79. The van der Waals surface area contributed by atoms with Crippen LogP contribution in [-0.2, 0) is 11.3 Å². The maximum atomic E-state index is 13.9. The van der Waals surface area contributed by atoms with E-state index in [1.165, 1.54) is 6.26 Å². The first-order valence-electron chi connectivity index (χ1n) is 13.0. The van der Waals surface area contributed by atoms with Crippen LogP contribution in [-0.4, -0.2) is 41.5 Å². The highest BCUT2D eigenvalue weighted by atomic mass is 19.4. The highest BCUT2D eigenvalue weighted by Gasteiger charge is 2.50. The van der Waals surface area contributed by atoms with E-state index in [9.17, 15) is 22.4 Å². The van der Waals surface area contributed by atoms with Crippen LogP contribution in [0.15, 0.2) is 16.9 Å². The van der Waals surface area contributed by atoms with Crippen LogP contribution in [0.5, 0.6) is 0 Å². The van der Waals surface area contributed by atoms with Gasteiger partial charge in [0.05, 0.1) is 0 Å². The van der Waals surface area contributed by atoms with E-state index in [-0.39, 0.29) is 41.3 Å². The number of hydrogen-bond donors (Lipinski definition) is 3. The molecule has 1 aromatic heterocycles. The zero-order valence-corrected chi connectivity index (χ0v) is 20.3. The Morgan fingerprint density at radius 3 is 2.63 bits per heavy atom. The summed E-state index contributed by atoms with van der Waals surface area (Å²) in [7, 11) is 0. The molecule has 4 rings (SSSR count). The molecule has 1 amide bonds. The topological polar surface area (TPSA) is 83.1 Å². The molecule has 1 aromatic rings. The molecule has 0 aromatic carbocycles. The Morgan fingerprint density at radius 1 is 1.23 bits per heavy atom. The highest BCUT2D eigenvalue weighted by Crippen LogP contribution is 2.44. The molecule has 3 fully saturated rings. The van der Waals surface area contributed by atoms with Crippen LogP contribution in [0.4, 0.5) is 17.6 Å². The van der Waals surface area contributed by atoms with Gasteiger partial charge in [-0.15, -0.1) is 0 Å². The van der Waals surface area contributed by atoms with Crippen molar-refractivity contribution in [1.82, 2.24) is 15.2 Å². The lowest BCUT2D eigenvalue weighted by atomic mass is 9.66. The number of nitrogens with one attached hydrogen (secondary N) is 3. The molecule has 1 saturated heterocycles. The predicted octanol–water partition coefficient (Wildman–Crippen LogP) is 4.56. The van der Waals surface area contributed by atoms with Gasteiger partial charge < -0.3 is 15.1 Å². The van der Waals surface area contributed by atoms with Crippen LogP contribution in [0.1, 0.15) is 64.7 Å². The van der Waals surface area contributed by atoms with Crippen molar-refractivity contribution in [3.05, 3.63) is 18.1 Å². The lowest BCUT2D eigenvalue weighted by Crippen LogP contribution is -2.54. The fraction of sp³-hybridized carbons (Fsp3) is 0.840. The van der Waals surface area contributed by atoms with E-state index in [1.54, 1.807) is 10.8 Å². The van der Waals surface area contributed by atoms with Gasteiger partial charge in [0.25, 0.3) is 5.68 Å². The third-order valence-corrected chi connectivity index (χ3v) is 8.59. The second kappa shape index (κ2) is 11.0. The van der Waals surface area contributed by atoms with Gasteiger partial charge in [-0.25, -0.2) is 4.39 Å². The third-order valence-electron chi connectivity index (χ3n) is 8.59. The quantitative estimate of drug-likeness (QED) is 0.499. The molecule has 0 spiro atoms. The van der Waals surface area contributed by atoms with E-state index in [1.807, 2.05) is 6.92 Å². The van der Waals surface area contributed by atoms with Crippen molar-refractivity contribution in [3.8, 4) is 0 Å². The number of nitrogens with zero attached hydrogens (tertiary/aromatic N) is 1. The number of carbonyl (C=O) groups is 1. The maximum Gasteiger partial charge on any atom is 0.404 e. The summed E-state index contributed by atoms with van der Waals surface area (Å²) in [5, 5.41) is 13.7. The molecule has 6 atom stereocenters. The maximum absolute atomic E-state index is 13.9. The summed E-state index contributed by atoms with van der Waals surface area (Å²) in [5.41, 5.74) is -0.00212. The van der Waals surface area contributed by atoms with Crippen LogP contribution in [0.25, 0.3) is 0 Å². The Morgan fingerprint density at radius 2 is 1.97 bits per heavy atom. The van der Waals surface area contributed by atoms with Crippen LogP contribution in [0.3, 0.4) is 0 Å².